The maximum atomic E-state index is 12.7. The third-order valence-corrected chi connectivity index (χ3v) is 3.25. The molecule has 0 spiro atoms. The van der Waals surface area contributed by atoms with E-state index in [-0.39, 0.29) is 11.6 Å². The van der Waals surface area contributed by atoms with Crippen LogP contribution in [0, 0.1) is 5.82 Å². The van der Waals surface area contributed by atoms with Crippen LogP contribution in [-0.2, 0) is 6.42 Å². The fourth-order valence-electron chi connectivity index (χ4n) is 1.69. The lowest BCUT2D eigenvalue weighted by Crippen LogP contribution is -2.00. The van der Waals surface area contributed by atoms with Crippen LogP contribution in [0.3, 0.4) is 0 Å². The number of halogens is 2. The molecule has 0 unspecified atom stereocenters. The molecule has 92 valence electrons. The highest BCUT2D eigenvalue weighted by Gasteiger charge is 2.06. The molecule has 0 N–H and O–H groups in total. The summed E-state index contributed by atoms with van der Waals surface area (Å²) in [5.74, 6) is -0.148. The molecule has 2 aromatic rings. The molecule has 0 aromatic heterocycles. The summed E-state index contributed by atoms with van der Waals surface area (Å²) in [7, 11) is 0. The average Bonchev–Trinajstić information content (AvgIpc) is 2.38. The number of hydrogen-bond acceptors (Lipinski definition) is 1. The van der Waals surface area contributed by atoms with Crippen LogP contribution in [-0.4, -0.2) is 5.78 Å². The summed E-state index contributed by atoms with van der Waals surface area (Å²) >= 11 is 3.33. The smallest absolute Gasteiger partial charge is 0.163 e. The zero-order valence-electron chi connectivity index (χ0n) is 9.70. The van der Waals surface area contributed by atoms with Crippen molar-refractivity contribution in [3.05, 3.63) is 69.9 Å². The molecular formula is C15H12BrFO. The minimum atomic E-state index is -0.252. The van der Waals surface area contributed by atoms with E-state index in [0.29, 0.717) is 18.4 Å². The number of carbonyl (C=O) groups is 1. The molecule has 2 aromatic carbocycles. The lowest BCUT2D eigenvalue weighted by Gasteiger charge is -2.02. The summed E-state index contributed by atoms with van der Waals surface area (Å²) < 4.78 is 13.7. The van der Waals surface area contributed by atoms with Crippen molar-refractivity contribution in [1.29, 1.82) is 0 Å². The van der Waals surface area contributed by atoms with E-state index < -0.39 is 0 Å². The van der Waals surface area contributed by atoms with Crippen LogP contribution in [0.15, 0.2) is 53.0 Å². The van der Waals surface area contributed by atoms with Crippen molar-refractivity contribution in [3.63, 3.8) is 0 Å². The number of hydrogen-bond donors (Lipinski definition) is 0. The maximum absolute atomic E-state index is 12.7. The molecule has 18 heavy (non-hydrogen) atoms. The highest BCUT2D eigenvalue weighted by Crippen LogP contribution is 2.13. The van der Waals surface area contributed by atoms with E-state index in [1.165, 1.54) is 12.1 Å². The molecule has 0 saturated carbocycles. The van der Waals surface area contributed by atoms with Gasteiger partial charge < -0.3 is 0 Å². The molecule has 3 heteroatoms. The molecule has 0 aliphatic heterocycles. The Labute approximate surface area is 114 Å². The first-order chi connectivity index (χ1) is 8.65. The van der Waals surface area contributed by atoms with Crippen LogP contribution in [0.2, 0.25) is 0 Å². The molecule has 2 rings (SSSR count). The van der Waals surface area contributed by atoms with E-state index in [2.05, 4.69) is 15.9 Å². The monoisotopic (exact) mass is 306 g/mol. The molecule has 0 heterocycles. The Morgan fingerprint density at radius 1 is 1.00 bits per heavy atom. The topological polar surface area (TPSA) is 17.1 Å². The SMILES string of the molecule is O=C(CCc1ccc(F)cc1)c1ccc(Br)cc1. The first-order valence-corrected chi connectivity index (χ1v) is 6.47. The summed E-state index contributed by atoms with van der Waals surface area (Å²) in [6, 6.07) is 13.6. The first kappa shape index (κ1) is 13.0. The lowest BCUT2D eigenvalue weighted by molar-refractivity contribution is 0.0983. The van der Waals surface area contributed by atoms with Crippen LogP contribution < -0.4 is 0 Å². The van der Waals surface area contributed by atoms with E-state index in [1.54, 1.807) is 24.3 Å². The molecule has 0 aliphatic rings. The van der Waals surface area contributed by atoms with Crippen molar-refractivity contribution in [2.45, 2.75) is 12.8 Å². The standard InChI is InChI=1S/C15H12BrFO/c16-13-6-4-12(5-7-13)15(18)10-3-11-1-8-14(17)9-2-11/h1-2,4-9H,3,10H2. The predicted octanol–water partition coefficient (Wildman–Crippen LogP) is 4.40. The molecule has 0 saturated heterocycles. The number of Topliss-reactive ketones (excluding diaryl/α,β-unsaturated/α-hetero) is 1. The van der Waals surface area contributed by atoms with Crippen LogP contribution in [0.5, 0.6) is 0 Å². The largest absolute Gasteiger partial charge is 0.294 e. The number of carbonyl (C=O) groups excluding carboxylic acids is 1. The predicted molar refractivity (Wildman–Crippen MR) is 73.2 cm³/mol. The van der Waals surface area contributed by atoms with Gasteiger partial charge in [0.15, 0.2) is 5.78 Å². The van der Waals surface area contributed by atoms with Crippen molar-refractivity contribution in [2.75, 3.05) is 0 Å². The van der Waals surface area contributed by atoms with Crippen molar-refractivity contribution in [3.8, 4) is 0 Å². The van der Waals surface area contributed by atoms with Gasteiger partial charge in [0.1, 0.15) is 5.82 Å². The van der Waals surface area contributed by atoms with Crippen molar-refractivity contribution in [1.82, 2.24) is 0 Å². The summed E-state index contributed by atoms with van der Waals surface area (Å²) in [4.78, 5) is 11.9. The zero-order chi connectivity index (χ0) is 13.0. The highest BCUT2D eigenvalue weighted by molar-refractivity contribution is 9.10. The number of benzene rings is 2. The minimum absolute atomic E-state index is 0.104. The summed E-state index contributed by atoms with van der Waals surface area (Å²) in [5, 5.41) is 0. The molecule has 0 radical (unpaired) electrons. The first-order valence-electron chi connectivity index (χ1n) is 5.68. The average molecular weight is 307 g/mol. The van der Waals surface area contributed by atoms with E-state index in [1.807, 2.05) is 12.1 Å². The number of aryl methyl sites for hydroxylation is 1. The van der Waals surface area contributed by atoms with Gasteiger partial charge in [0.25, 0.3) is 0 Å². The van der Waals surface area contributed by atoms with E-state index in [9.17, 15) is 9.18 Å². The fourth-order valence-corrected chi connectivity index (χ4v) is 1.95. The van der Waals surface area contributed by atoms with E-state index in [0.717, 1.165) is 10.0 Å². The Kier molecular flexibility index (Phi) is 4.26. The molecule has 0 fully saturated rings. The van der Waals surface area contributed by atoms with E-state index >= 15 is 0 Å². The van der Waals surface area contributed by atoms with Gasteiger partial charge in [-0.2, -0.15) is 0 Å². The van der Waals surface area contributed by atoms with Gasteiger partial charge in [0, 0.05) is 16.5 Å². The van der Waals surface area contributed by atoms with Gasteiger partial charge in [-0.15, -0.1) is 0 Å². The number of ketones is 1. The lowest BCUT2D eigenvalue weighted by atomic mass is 10.0. The minimum Gasteiger partial charge on any atom is -0.294 e. The van der Waals surface area contributed by atoms with Crippen LogP contribution >= 0.6 is 15.9 Å². The Hall–Kier alpha value is -1.48. The van der Waals surface area contributed by atoms with Gasteiger partial charge in [-0.05, 0) is 36.2 Å². The van der Waals surface area contributed by atoms with Crippen LogP contribution in [0.25, 0.3) is 0 Å². The Bertz CT molecular complexity index is 531. The second-order valence-electron chi connectivity index (χ2n) is 4.06. The maximum Gasteiger partial charge on any atom is 0.163 e. The van der Waals surface area contributed by atoms with Gasteiger partial charge in [-0.1, -0.05) is 40.2 Å². The van der Waals surface area contributed by atoms with Gasteiger partial charge >= 0.3 is 0 Å². The fraction of sp³-hybridized carbons (Fsp3) is 0.133. The number of rotatable bonds is 4. The van der Waals surface area contributed by atoms with Gasteiger partial charge in [0.05, 0.1) is 0 Å². The molecule has 0 amide bonds. The third kappa shape index (κ3) is 3.50. The van der Waals surface area contributed by atoms with Gasteiger partial charge in [-0.25, -0.2) is 4.39 Å². The second kappa shape index (κ2) is 5.91. The normalized spacial score (nSPS) is 10.3. The van der Waals surface area contributed by atoms with Crippen molar-refractivity contribution < 1.29 is 9.18 Å². The summed E-state index contributed by atoms with van der Waals surface area (Å²) in [6.45, 7) is 0. The zero-order valence-corrected chi connectivity index (χ0v) is 11.3. The Balaban J connectivity index is 1.96. The Morgan fingerprint density at radius 3 is 2.22 bits per heavy atom. The van der Waals surface area contributed by atoms with Crippen molar-refractivity contribution in [2.24, 2.45) is 0 Å². The van der Waals surface area contributed by atoms with Gasteiger partial charge in [0.2, 0.25) is 0 Å². The highest BCUT2D eigenvalue weighted by atomic mass is 79.9. The Morgan fingerprint density at radius 2 is 1.61 bits per heavy atom. The van der Waals surface area contributed by atoms with Crippen LogP contribution in [0.1, 0.15) is 22.3 Å². The van der Waals surface area contributed by atoms with Gasteiger partial charge in [-0.3, -0.25) is 4.79 Å². The summed E-state index contributed by atoms with van der Waals surface area (Å²) in [5.41, 5.74) is 1.68. The third-order valence-electron chi connectivity index (χ3n) is 2.72. The second-order valence-corrected chi connectivity index (χ2v) is 4.97. The quantitative estimate of drug-likeness (QED) is 0.765. The summed E-state index contributed by atoms with van der Waals surface area (Å²) in [6.07, 6.45) is 1.07. The van der Waals surface area contributed by atoms with Crippen molar-refractivity contribution >= 4 is 21.7 Å². The molecule has 1 nitrogen and oxygen atoms in total. The molecule has 0 atom stereocenters. The van der Waals surface area contributed by atoms with Crippen LogP contribution in [0.4, 0.5) is 4.39 Å². The molecule has 0 bridgehead atoms. The molecule has 0 aliphatic carbocycles. The van der Waals surface area contributed by atoms with E-state index in [4.69, 9.17) is 0 Å². The molecular weight excluding hydrogens is 295 g/mol.